The molecule has 0 radical (unpaired) electrons. The largest absolute Gasteiger partial charge is 0.324 e. The van der Waals surface area contributed by atoms with Gasteiger partial charge >= 0.3 is 0 Å². The van der Waals surface area contributed by atoms with Crippen LogP contribution in [0.1, 0.15) is 24.4 Å². The molecule has 0 aliphatic carbocycles. The normalized spacial score (nSPS) is 12.5. The van der Waals surface area contributed by atoms with Gasteiger partial charge in [0, 0.05) is 6.04 Å². The summed E-state index contributed by atoms with van der Waals surface area (Å²) < 4.78 is 12.5. The summed E-state index contributed by atoms with van der Waals surface area (Å²) in [6, 6.07) is 6.30. The third-order valence-corrected chi connectivity index (χ3v) is 1.98. The van der Waals surface area contributed by atoms with Crippen molar-refractivity contribution in [1.82, 2.24) is 0 Å². The number of halogens is 1. The van der Waals surface area contributed by atoms with Gasteiger partial charge in [-0.1, -0.05) is 18.2 Å². The Bertz CT molecular complexity index is 266. The zero-order chi connectivity index (χ0) is 9.68. The molecule has 0 saturated carbocycles. The van der Waals surface area contributed by atoms with E-state index in [1.165, 1.54) is 12.1 Å². The van der Waals surface area contributed by atoms with Gasteiger partial charge in [0.15, 0.2) is 0 Å². The Morgan fingerprint density at radius 3 is 2.54 bits per heavy atom. The molecule has 0 saturated heterocycles. The van der Waals surface area contributed by atoms with Crippen molar-refractivity contribution in [3.63, 3.8) is 0 Å². The molecule has 0 aliphatic rings. The zero-order valence-corrected chi connectivity index (χ0v) is 7.54. The molecule has 0 aromatic heterocycles. The maximum atomic E-state index is 12.5. The third-order valence-electron chi connectivity index (χ3n) is 1.98. The van der Waals surface area contributed by atoms with Crippen molar-refractivity contribution in [1.29, 1.82) is 0 Å². The van der Waals surface area contributed by atoms with Crippen molar-refractivity contribution >= 4 is 0 Å². The fourth-order valence-corrected chi connectivity index (χ4v) is 1.17. The standard InChI is InChI=1S/C11H14FN/c1-2-3-4-11(13)9-5-7-10(12)8-6-9/h2,5-8,11H,1,3-4,13H2/t11-/m0/s1. The van der Waals surface area contributed by atoms with Crippen LogP contribution in [0.3, 0.4) is 0 Å². The van der Waals surface area contributed by atoms with E-state index in [0.717, 1.165) is 18.4 Å². The summed E-state index contributed by atoms with van der Waals surface area (Å²) in [7, 11) is 0. The second-order valence-electron chi connectivity index (χ2n) is 3.02. The van der Waals surface area contributed by atoms with Crippen LogP contribution in [0.2, 0.25) is 0 Å². The summed E-state index contributed by atoms with van der Waals surface area (Å²) in [6.07, 6.45) is 3.58. The molecule has 0 aliphatic heterocycles. The highest BCUT2D eigenvalue weighted by atomic mass is 19.1. The summed E-state index contributed by atoms with van der Waals surface area (Å²) in [5.41, 5.74) is 6.84. The van der Waals surface area contributed by atoms with Gasteiger partial charge < -0.3 is 5.73 Å². The SMILES string of the molecule is C=CCC[C@H](N)c1ccc(F)cc1. The van der Waals surface area contributed by atoms with E-state index in [1.54, 1.807) is 12.1 Å². The summed E-state index contributed by atoms with van der Waals surface area (Å²) in [4.78, 5) is 0. The van der Waals surface area contributed by atoms with E-state index in [-0.39, 0.29) is 11.9 Å². The van der Waals surface area contributed by atoms with Crippen molar-refractivity contribution in [3.05, 3.63) is 48.3 Å². The van der Waals surface area contributed by atoms with Crippen molar-refractivity contribution in [3.8, 4) is 0 Å². The smallest absolute Gasteiger partial charge is 0.123 e. The lowest BCUT2D eigenvalue weighted by Gasteiger charge is -2.09. The molecule has 1 aromatic carbocycles. The van der Waals surface area contributed by atoms with Crippen molar-refractivity contribution in [2.24, 2.45) is 5.73 Å². The fraction of sp³-hybridized carbons (Fsp3) is 0.273. The fourth-order valence-electron chi connectivity index (χ4n) is 1.17. The highest BCUT2D eigenvalue weighted by Gasteiger charge is 2.03. The Labute approximate surface area is 78.1 Å². The molecule has 0 spiro atoms. The van der Waals surface area contributed by atoms with Gasteiger partial charge in [-0.2, -0.15) is 0 Å². The van der Waals surface area contributed by atoms with Gasteiger partial charge in [0.05, 0.1) is 0 Å². The second kappa shape index (κ2) is 4.77. The van der Waals surface area contributed by atoms with Crippen LogP contribution in [0.15, 0.2) is 36.9 Å². The maximum absolute atomic E-state index is 12.5. The molecule has 2 N–H and O–H groups in total. The van der Waals surface area contributed by atoms with Crippen molar-refractivity contribution in [2.75, 3.05) is 0 Å². The maximum Gasteiger partial charge on any atom is 0.123 e. The Balaban J connectivity index is 2.60. The van der Waals surface area contributed by atoms with Crippen LogP contribution in [-0.4, -0.2) is 0 Å². The molecule has 0 unspecified atom stereocenters. The highest BCUT2D eigenvalue weighted by Crippen LogP contribution is 2.15. The van der Waals surface area contributed by atoms with Gasteiger partial charge in [-0.05, 0) is 30.5 Å². The molecule has 2 heteroatoms. The summed E-state index contributed by atoms with van der Waals surface area (Å²) in [5.74, 6) is -0.223. The van der Waals surface area contributed by atoms with E-state index < -0.39 is 0 Å². The zero-order valence-electron chi connectivity index (χ0n) is 7.54. The van der Waals surface area contributed by atoms with Crippen LogP contribution in [0.4, 0.5) is 4.39 Å². The van der Waals surface area contributed by atoms with Gasteiger partial charge in [0.2, 0.25) is 0 Å². The van der Waals surface area contributed by atoms with Crippen molar-refractivity contribution in [2.45, 2.75) is 18.9 Å². The van der Waals surface area contributed by atoms with Gasteiger partial charge in [-0.3, -0.25) is 0 Å². The minimum atomic E-state index is -0.223. The number of allylic oxidation sites excluding steroid dienone is 1. The lowest BCUT2D eigenvalue weighted by molar-refractivity contribution is 0.620. The molecular formula is C11H14FN. The number of nitrogens with two attached hydrogens (primary N) is 1. The van der Waals surface area contributed by atoms with Crippen LogP contribution in [0.25, 0.3) is 0 Å². The molecule has 0 fully saturated rings. The van der Waals surface area contributed by atoms with Gasteiger partial charge in [0.1, 0.15) is 5.82 Å². The predicted molar refractivity (Wildman–Crippen MR) is 52.8 cm³/mol. The summed E-state index contributed by atoms with van der Waals surface area (Å²) in [6.45, 7) is 3.62. The first-order valence-electron chi connectivity index (χ1n) is 4.36. The van der Waals surface area contributed by atoms with Crippen LogP contribution in [0.5, 0.6) is 0 Å². The molecule has 0 bridgehead atoms. The van der Waals surface area contributed by atoms with E-state index in [1.807, 2.05) is 6.08 Å². The quantitative estimate of drug-likeness (QED) is 0.707. The Kier molecular flexibility index (Phi) is 3.65. The lowest BCUT2D eigenvalue weighted by Crippen LogP contribution is -2.09. The van der Waals surface area contributed by atoms with E-state index >= 15 is 0 Å². The highest BCUT2D eigenvalue weighted by molar-refractivity contribution is 5.19. The number of rotatable bonds is 4. The van der Waals surface area contributed by atoms with E-state index in [2.05, 4.69) is 6.58 Å². The minimum Gasteiger partial charge on any atom is -0.324 e. The molecule has 13 heavy (non-hydrogen) atoms. The third kappa shape index (κ3) is 2.99. The molecule has 1 atom stereocenters. The molecule has 0 heterocycles. The molecule has 0 amide bonds. The second-order valence-corrected chi connectivity index (χ2v) is 3.02. The predicted octanol–water partition coefficient (Wildman–Crippen LogP) is 2.79. The summed E-state index contributed by atoms with van der Waals surface area (Å²) in [5, 5.41) is 0. The minimum absolute atomic E-state index is 0.0152. The van der Waals surface area contributed by atoms with Gasteiger partial charge in [0.25, 0.3) is 0 Å². The first kappa shape index (κ1) is 9.93. The Hall–Kier alpha value is -1.15. The number of hydrogen-bond donors (Lipinski definition) is 1. The van der Waals surface area contributed by atoms with E-state index in [9.17, 15) is 4.39 Å². The van der Waals surface area contributed by atoms with Gasteiger partial charge in [-0.25, -0.2) is 4.39 Å². The van der Waals surface area contributed by atoms with Crippen molar-refractivity contribution < 1.29 is 4.39 Å². The summed E-state index contributed by atoms with van der Waals surface area (Å²) >= 11 is 0. The molecule has 1 aromatic rings. The molecule has 1 nitrogen and oxygen atoms in total. The topological polar surface area (TPSA) is 26.0 Å². The number of hydrogen-bond acceptors (Lipinski definition) is 1. The first-order valence-corrected chi connectivity index (χ1v) is 4.36. The van der Waals surface area contributed by atoms with E-state index in [4.69, 9.17) is 5.73 Å². The molecule has 70 valence electrons. The average Bonchev–Trinajstić information content (AvgIpc) is 2.15. The monoisotopic (exact) mass is 179 g/mol. The number of benzene rings is 1. The van der Waals surface area contributed by atoms with Crippen LogP contribution >= 0.6 is 0 Å². The van der Waals surface area contributed by atoms with Crippen LogP contribution in [0, 0.1) is 5.82 Å². The van der Waals surface area contributed by atoms with Gasteiger partial charge in [-0.15, -0.1) is 6.58 Å². The van der Waals surface area contributed by atoms with Crippen LogP contribution in [-0.2, 0) is 0 Å². The molecule has 1 rings (SSSR count). The lowest BCUT2D eigenvalue weighted by atomic mass is 10.0. The Morgan fingerprint density at radius 1 is 1.38 bits per heavy atom. The Morgan fingerprint density at radius 2 is 2.00 bits per heavy atom. The van der Waals surface area contributed by atoms with E-state index in [0.29, 0.717) is 0 Å². The van der Waals surface area contributed by atoms with Crippen LogP contribution < -0.4 is 5.73 Å². The molecular weight excluding hydrogens is 165 g/mol. The first-order chi connectivity index (χ1) is 6.24. The average molecular weight is 179 g/mol.